The Bertz CT molecular complexity index is 997. The van der Waals surface area contributed by atoms with E-state index in [9.17, 15) is 14.3 Å². The Morgan fingerprint density at radius 2 is 2.06 bits per heavy atom. The highest BCUT2D eigenvalue weighted by Crippen LogP contribution is 2.28. The fourth-order valence-electron chi connectivity index (χ4n) is 4.90. The highest BCUT2D eigenvalue weighted by atomic mass is 19.1. The molecule has 1 saturated heterocycles. The van der Waals surface area contributed by atoms with Crippen LogP contribution in [0.4, 0.5) is 10.3 Å². The van der Waals surface area contributed by atoms with E-state index in [4.69, 9.17) is 9.26 Å². The number of carbonyl (C=O) groups excluding carboxylic acids is 1. The lowest BCUT2D eigenvalue weighted by Gasteiger charge is -2.30. The first-order chi connectivity index (χ1) is 16.7. The van der Waals surface area contributed by atoms with Crippen molar-refractivity contribution >= 4 is 11.9 Å². The summed E-state index contributed by atoms with van der Waals surface area (Å²) in [6, 6.07) is 5.38. The summed E-state index contributed by atoms with van der Waals surface area (Å²) in [5, 5.41) is 16.8. The van der Waals surface area contributed by atoms with E-state index < -0.39 is 11.8 Å². The highest BCUT2D eigenvalue weighted by Gasteiger charge is 2.30. The molecule has 0 radical (unpaired) electrons. The third-order valence-corrected chi connectivity index (χ3v) is 7.09. The number of aromatic nitrogens is 2. The van der Waals surface area contributed by atoms with Crippen LogP contribution in [0.1, 0.15) is 80.6 Å². The van der Waals surface area contributed by atoms with Gasteiger partial charge in [-0.3, -0.25) is 4.79 Å². The Labute approximate surface area is 206 Å². The minimum Gasteiger partial charge on any atom is -0.494 e. The molecule has 1 saturated carbocycles. The molecule has 2 N–H and O–H groups in total. The normalized spacial score (nSPS) is 21.3. The number of piperidine rings is 1. The number of alkyl halides is 1. The number of rotatable bonds is 9. The maximum atomic E-state index is 14.0. The van der Waals surface area contributed by atoms with Crippen LogP contribution in [0.5, 0.6) is 5.75 Å². The zero-order valence-electron chi connectivity index (χ0n) is 20.9. The van der Waals surface area contributed by atoms with Crippen molar-refractivity contribution in [1.29, 1.82) is 0 Å². The number of halogens is 1. The molecular weight excluding hydrogens is 451 g/mol. The number of nitrogens with one attached hydrogen (secondary N) is 1. The number of benzene rings is 1. The van der Waals surface area contributed by atoms with Gasteiger partial charge in [0.25, 0.3) is 17.7 Å². The van der Waals surface area contributed by atoms with E-state index in [1.54, 1.807) is 6.07 Å². The number of ether oxygens (including phenoxy) is 1. The van der Waals surface area contributed by atoms with Gasteiger partial charge in [-0.15, -0.1) is 0 Å². The average Bonchev–Trinajstić information content (AvgIpc) is 3.47. The molecular formula is C26H37FN4O4. The second-order valence-corrected chi connectivity index (χ2v) is 10.3. The number of hydrogen-bond donors (Lipinski definition) is 2. The standard InChI is InChI=1S/C26H37FN4O4/c1-17-16-19(9-10-20(17)23(33)28-21-7-4-8-22(21)32)34-15-5-6-18-11-13-31(14-12-18)25-29-24(35-30-25)26(2,3)27/h9-10,16,18,21-22,32H,4-8,11-15H2,1-3H3,(H,28,33)/t21-,22-/m1/s1. The number of aliphatic hydroxyl groups is 1. The lowest BCUT2D eigenvalue weighted by molar-refractivity contribution is 0.0872. The van der Waals surface area contributed by atoms with Gasteiger partial charge in [-0.25, -0.2) is 4.39 Å². The van der Waals surface area contributed by atoms with E-state index in [1.807, 2.05) is 19.1 Å². The number of nitrogens with zero attached hydrogens (tertiary/aromatic N) is 3. The van der Waals surface area contributed by atoms with E-state index in [0.717, 1.165) is 69.3 Å². The van der Waals surface area contributed by atoms with Gasteiger partial charge in [-0.05, 0) is 101 Å². The van der Waals surface area contributed by atoms with Gasteiger partial charge in [0, 0.05) is 18.7 Å². The summed E-state index contributed by atoms with van der Waals surface area (Å²) in [6.45, 7) is 7.01. The second-order valence-electron chi connectivity index (χ2n) is 10.3. The van der Waals surface area contributed by atoms with Gasteiger partial charge < -0.3 is 24.6 Å². The molecule has 2 aromatic rings. The Hall–Kier alpha value is -2.68. The smallest absolute Gasteiger partial charge is 0.266 e. The molecule has 9 heteroatoms. The van der Waals surface area contributed by atoms with Crippen molar-refractivity contribution in [3.63, 3.8) is 0 Å². The number of aryl methyl sites for hydroxylation is 1. The van der Waals surface area contributed by atoms with Crippen molar-refractivity contribution in [3.8, 4) is 5.75 Å². The predicted octanol–water partition coefficient (Wildman–Crippen LogP) is 4.30. The molecule has 1 aliphatic heterocycles. The molecule has 1 aliphatic carbocycles. The van der Waals surface area contributed by atoms with Crippen LogP contribution in [0.15, 0.2) is 22.7 Å². The lowest BCUT2D eigenvalue weighted by atomic mass is 9.92. The van der Waals surface area contributed by atoms with Gasteiger partial charge in [0.05, 0.1) is 18.8 Å². The van der Waals surface area contributed by atoms with Crippen LogP contribution in [0.25, 0.3) is 0 Å². The molecule has 1 amide bonds. The van der Waals surface area contributed by atoms with Crippen LogP contribution in [0.2, 0.25) is 0 Å². The molecule has 0 spiro atoms. The van der Waals surface area contributed by atoms with Gasteiger partial charge >= 0.3 is 0 Å². The minimum atomic E-state index is -1.63. The lowest BCUT2D eigenvalue weighted by Crippen LogP contribution is -2.40. The zero-order chi connectivity index (χ0) is 25.0. The average molecular weight is 489 g/mol. The number of aliphatic hydroxyl groups excluding tert-OH is 1. The van der Waals surface area contributed by atoms with E-state index in [0.29, 0.717) is 24.0 Å². The van der Waals surface area contributed by atoms with E-state index in [1.165, 1.54) is 13.8 Å². The quantitative estimate of drug-likeness (QED) is 0.508. The first kappa shape index (κ1) is 25.4. The van der Waals surface area contributed by atoms with Gasteiger partial charge in [0.2, 0.25) is 0 Å². The van der Waals surface area contributed by atoms with Gasteiger partial charge in [-0.1, -0.05) is 0 Å². The van der Waals surface area contributed by atoms with Crippen molar-refractivity contribution in [3.05, 3.63) is 35.2 Å². The second kappa shape index (κ2) is 10.9. The first-order valence-corrected chi connectivity index (χ1v) is 12.7. The Morgan fingerprint density at radius 1 is 1.29 bits per heavy atom. The maximum Gasteiger partial charge on any atom is 0.266 e. The molecule has 4 rings (SSSR count). The fourth-order valence-corrected chi connectivity index (χ4v) is 4.90. The Morgan fingerprint density at radius 3 is 2.69 bits per heavy atom. The summed E-state index contributed by atoms with van der Waals surface area (Å²) in [5.74, 6) is 1.72. The predicted molar refractivity (Wildman–Crippen MR) is 130 cm³/mol. The molecule has 2 atom stereocenters. The van der Waals surface area contributed by atoms with Crippen molar-refractivity contribution in [2.24, 2.45) is 5.92 Å². The number of carbonyl (C=O) groups is 1. The molecule has 8 nitrogen and oxygen atoms in total. The summed E-state index contributed by atoms with van der Waals surface area (Å²) in [7, 11) is 0. The molecule has 2 heterocycles. The molecule has 35 heavy (non-hydrogen) atoms. The molecule has 2 aliphatic rings. The third-order valence-electron chi connectivity index (χ3n) is 7.09. The molecule has 192 valence electrons. The van der Waals surface area contributed by atoms with Crippen LogP contribution in [-0.4, -0.2) is 53.0 Å². The Kier molecular flexibility index (Phi) is 7.94. The molecule has 1 aromatic heterocycles. The van der Waals surface area contributed by atoms with E-state index in [-0.39, 0.29) is 17.8 Å². The van der Waals surface area contributed by atoms with Crippen molar-refractivity contribution in [2.75, 3.05) is 24.6 Å². The van der Waals surface area contributed by atoms with Crippen LogP contribution in [0.3, 0.4) is 0 Å². The van der Waals surface area contributed by atoms with Crippen molar-refractivity contribution in [1.82, 2.24) is 15.5 Å². The summed E-state index contributed by atoms with van der Waals surface area (Å²) in [4.78, 5) is 18.8. The largest absolute Gasteiger partial charge is 0.494 e. The van der Waals surface area contributed by atoms with Crippen LogP contribution in [0, 0.1) is 12.8 Å². The highest BCUT2D eigenvalue weighted by molar-refractivity contribution is 5.96. The maximum absolute atomic E-state index is 14.0. The van der Waals surface area contributed by atoms with Crippen molar-refractivity contribution in [2.45, 2.75) is 83.5 Å². The van der Waals surface area contributed by atoms with Gasteiger partial charge in [0.15, 0.2) is 5.67 Å². The first-order valence-electron chi connectivity index (χ1n) is 12.7. The van der Waals surface area contributed by atoms with Crippen LogP contribution in [-0.2, 0) is 5.67 Å². The molecule has 0 unspecified atom stereocenters. The van der Waals surface area contributed by atoms with E-state index >= 15 is 0 Å². The van der Waals surface area contributed by atoms with Crippen LogP contribution < -0.4 is 15.0 Å². The third kappa shape index (κ3) is 6.51. The SMILES string of the molecule is Cc1cc(OCCCC2CCN(c3noc(C(C)(C)F)n3)CC2)ccc1C(=O)N[C@@H]1CCC[C@H]1O. The summed E-state index contributed by atoms with van der Waals surface area (Å²) < 4.78 is 25.0. The molecule has 1 aromatic carbocycles. The topological polar surface area (TPSA) is 101 Å². The summed E-state index contributed by atoms with van der Waals surface area (Å²) in [6.07, 6.45) is 6.14. The Balaban J connectivity index is 1.17. The monoisotopic (exact) mass is 488 g/mol. The van der Waals surface area contributed by atoms with Gasteiger partial charge in [0.1, 0.15) is 5.75 Å². The summed E-state index contributed by atoms with van der Waals surface area (Å²) in [5.41, 5.74) is -0.152. The molecule has 2 fully saturated rings. The zero-order valence-corrected chi connectivity index (χ0v) is 20.9. The fraction of sp³-hybridized carbons (Fsp3) is 0.654. The molecule has 0 bridgehead atoms. The summed E-state index contributed by atoms with van der Waals surface area (Å²) >= 11 is 0. The number of amides is 1. The van der Waals surface area contributed by atoms with Gasteiger partial charge in [-0.2, -0.15) is 4.98 Å². The number of hydrogen-bond acceptors (Lipinski definition) is 7. The van der Waals surface area contributed by atoms with E-state index in [2.05, 4.69) is 20.4 Å². The minimum absolute atomic E-state index is 0.0169. The van der Waals surface area contributed by atoms with Crippen molar-refractivity contribution < 1.29 is 23.6 Å². The number of anilines is 1. The van der Waals surface area contributed by atoms with Crippen LogP contribution >= 0.6 is 0 Å².